The summed E-state index contributed by atoms with van der Waals surface area (Å²) < 4.78 is 70.1. The SMILES string of the molecule is COc1cc(S(=O)(=O)N2c3cc(/C=C(\C)c4c(F)cccc4Cl)ccc3O[C@@H](CN3C(=O)c4ccccc4C3=O)[C@H]2C)ccc1F. The van der Waals surface area contributed by atoms with E-state index in [0.29, 0.717) is 11.1 Å². The summed E-state index contributed by atoms with van der Waals surface area (Å²) in [5.41, 5.74) is 1.86. The maximum Gasteiger partial charge on any atom is 0.264 e. The molecule has 0 fully saturated rings. The van der Waals surface area contributed by atoms with Crippen molar-refractivity contribution in [2.75, 3.05) is 18.0 Å². The molecule has 8 nitrogen and oxygen atoms in total. The van der Waals surface area contributed by atoms with E-state index in [-0.39, 0.29) is 50.3 Å². The first-order chi connectivity index (χ1) is 21.9. The van der Waals surface area contributed by atoms with E-state index in [2.05, 4.69) is 0 Å². The monoisotopic (exact) mass is 664 g/mol. The van der Waals surface area contributed by atoms with Crippen LogP contribution in [0.5, 0.6) is 11.5 Å². The van der Waals surface area contributed by atoms with E-state index in [1.165, 1.54) is 19.2 Å². The summed E-state index contributed by atoms with van der Waals surface area (Å²) in [7, 11) is -3.19. The molecule has 0 saturated carbocycles. The third-order valence-corrected chi connectivity index (χ3v) is 10.3. The van der Waals surface area contributed by atoms with Crippen LogP contribution in [0.3, 0.4) is 0 Å². The number of fused-ring (bicyclic) bond motifs is 2. The Morgan fingerprint density at radius 3 is 2.30 bits per heavy atom. The van der Waals surface area contributed by atoms with Crippen LogP contribution in [0.4, 0.5) is 14.5 Å². The number of allylic oxidation sites excluding steroid dienone is 1. The molecule has 2 amide bonds. The Balaban J connectivity index is 1.44. The Bertz CT molecular complexity index is 2000. The number of ether oxygens (including phenoxy) is 2. The van der Waals surface area contributed by atoms with Gasteiger partial charge in [0, 0.05) is 11.6 Å². The quantitative estimate of drug-likeness (QED) is 0.159. The van der Waals surface area contributed by atoms with Crippen molar-refractivity contribution in [1.29, 1.82) is 0 Å². The van der Waals surface area contributed by atoms with Gasteiger partial charge in [-0.15, -0.1) is 0 Å². The normalized spacial score (nSPS) is 17.9. The molecule has 2 aliphatic rings. The number of hydrogen-bond acceptors (Lipinski definition) is 6. The lowest BCUT2D eigenvalue weighted by atomic mass is 10.0. The Morgan fingerprint density at radius 1 is 0.957 bits per heavy atom. The molecule has 0 saturated heterocycles. The van der Waals surface area contributed by atoms with Crippen LogP contribution in [-0.4, -0.2) is 50.9 Å². The fraction of sp³-hybridized carbons (Fsp3) is 0.176. The second-order valence-corrected chi connectivity index (χ2v) is 13.1. The summed E-state index contributed by atoms with van der Waals surface area (Å²) in [4.78, 5) is 27.1. The Hall–Kier alpha value is -4.74. The lowest BCUT2D eigenvalue weighted by molar-refractivity contribution is 0.0544. The van der Waals surface area contributed by atoms with Gasteiger partial charge in [0.05, 0.1) is 46.4 Å². The highest BCUT2D eigenvalue weighted by Gasteiger charge is 2.44. The van der Waals surface area contributed by atoms with E-state index in [0.717, 1.165) is 27.4 Å². The van der Waals surface area contributed by atoms with E-state index in [1.54, 1.807) is 68.5 Å². The minimum absolute atomic E-state index is 0.149. The second-order valence-electron chi connectivity index (χ2n) is 10.9. The van der Waals surface area contributed by atoms with Crippen molar-refractivity contribution in [2.45, 2.75) is 30.9 Å². The van der Waals surface area contributed by atoms with Gasteiger partial charge in [-0.05, 0) is 73.5 Å². The molecule has 0 aliphatic carbocycles. The van der Waals surface area contributed by atoms with E-state index < -0.39 is 45.6 Å². The fourth-order valence-electron chi connectivity index (χ4n) is 5.76. The predicted octanol–water partition coefficient (Wildman–Crippen LogP) is 6.83. The molecule has 46 heavy (non-hydrogen) atoms. The average Bonchev–Trinajstić information content (AvgIpc) is 3.26. The molecule has 4 aromatic rings. The molecule has 2 aliphatic heterocycles. The smallest absolute Gasteiger partial charge is 0.264 e. The minimum atomic E-state index is -4.42. The third kappa shape index (κ3) is 5.29. The highest BCUT2D eigenvalue weighted by Crippen LogP contribution is 2.42. The molecular weight excluding hydrogens is 638 g/mol. The maximum absolute atomic E-state index is 14.7. The van der Waals surface area contributed by atoms with Gasteiger partial charge in [0.25, 0.3) is 21.8 Å². The van der Waals surface area contributed by atoms with E-state index in [1.807, 2.05) is 0 Å². The van der Waals surface area contributed by atoms with Crippen LogP contribution < -0.4 is 13.8 Å². The zero-order chi connectivity index (χ0) is 32.9. The molecule has 0 spiro atoms. The Morgan fingerprint density at radius 2 is 1.65 bits per heavy atom. The first-order valence-electron chi connectivity index (χ1n) is 14.2. The number of carbonyl (C=O) groups is 2. The number of amides is 2. The van der Waals surface area contributed by atoms with Crippen molar-refractivity contribution in [3.05, 3.63) is 118 Å². The van der Waals surface area contributed by atoms with Gasteiger partial charge in [-0.2, -0.15) is 0 Å². The first-order valence-corrected chi connectivity index (χ1v) is 16.0. The summed E-state index contributed by atoms with van der Waals surface area (Å²) in [5.74, 6) is -2.38. The number of sulfonamides is 1. The van der Waals surface area contributed by atoms with Crippen LogP contribution in [-0.2, 0) is 10.0 Å². The van der Waals surface area contributed by atoms with Crippen molar-refractivity contribution >= 4 is 50.8 Å². The van der Waals surface area contributed by atoms with Crippen molar-refractivity contribution < 1.29 is 36.3 Å². The van der Waals surface area contributed by atoms with E-state index >= 15 is 0 Å². The topological polar surface area (TPSA) is 93.2 Å². The van der Waals surface area contributed by atoms with Crippen LogP contribution in [0.25, 0.3) is 11.6 Å². The molecule has 12 heteroatoms. The highest BCUT2D eigenvalue weighted by molar-refractivity contribution is 7.92. The van der Waals surface area contributed by atoms with Crippen LogP contribution in [0.2, 0.25) is 5.02 Å². The van der Waals surface area contributed by atoms with Gasteiger partial charge < -0.3 is 9.47 Å². The Kier molecular flexibility index (Phi) is 8.07. The number of benzene rings is 4. The summed E-state index contributed by atoms with van der Waals surface area (Å²) in [5, 5.41) is 0.217. The number of carbonyl (C=O) groups excluding carboxylic acids is 2. The molecule has 2 atom stereocenters. The molecule has 0 radical (unpaired) electrons. The van der Waals surface area contributed by atoms with Gasteiger partial charge in [-0.25, -0.2) is 17.2 Å². The van der Waals surface area contributed by atoms with Gasteiger partial charge >= 0.3 is 0 Å². The van der Waals surface area contributed by atoms with Crippen LogP contribution in [0, 0.1) is 11.6 Å². The largest absolute Gasteiger partial charge is 0.494 e. The number of imide groups is 1. The van der Waals surface area contributed by atoms with Gasteiger partial charge in [0.15, 0.2) is 11.6 Å². The zero-order valence-electron chi connectivity index (χ0n) is 24.8. The minimum Gasteiger partial charge on any atom is -0.494 e. The standard InChI is InChI=1S/C34H27ClF2N2O6S/c1-19(32-25(35)9-6-10-27(32)37)15-21-11-14-29-28(16-21)39(46(42,43)22-12-13-26(36)30(17-22)44-3)20(2)31(45-29)18-38-33(40)23-7-4-5-8-24(23)34(38)41/h4-17,20,31H,18H2,1-3H3/b19-15+/t20-,31+/m1/s1. The number of rotatable bonds is 7. The van der Waals surface area contributed by atoms with Crippen LogP contribution in [0.1, 0.15) is 45.7 Å². The van der Waals surface area contributed by atoms with Crippen LogP contribution in [0.15, 0.2) is 83.8 Å². The van der Waals surface area contributed by atoms with Crippen LogP contribution >= 0.6 is 11.6 Å². The van der Waals surface area contributed by atoms with Crippen molar-refractivity contribution in [2.24, 2.45) is 0 Å². The molecule has 6 rings (SSSR count). The lowest BCUT2D eigenvalue weighted by Crippen LogP contribution is -2.55. The average molecular weight is 665 g/mol. The van der Waals surface area contributed by atoms with Crippen molar-refractivity contribution in [1.82, 2.24) is 4.90 Å². The van der Waals surface area contributed by atoms with Crippen molar-refractivity contribution in [3.63, 3.8) is 0 Å². The lowest BCUT2D eigenvalue weighted by Gasteiger charge is -2.41. The third-order valence-electron chi connectivity index (χ3n) is 8.07. The number of halogens is 3. The fourth-order valence-corrected chi connectivity index (χ4v) is 7.77. The molecule has 0 unspecified atom stereocenters. The molecule has 0 N–H and O–H groups in total. The second kappa shape index (κ2) is 11.9. The van der Waals surface area contributed by atoms with Gasteiger partial charge in [-0.3, -0.25) is 18.8 Å². The molecule has 2 heterocycles. The number of hydrogen-bond donors (Lipinski definition) is 0. The maximum atomic E-state index is 14.7. The number of methoxy groups -OCH3 is 1. The first kappa shape index (κ1) is 31.3. The number of nitrogens with zero attached hydrogens (tertiary/aromatic N) is 2. The summed E-state index contributed by atoms with van der Waals surface area (Å²) in [6, 6.07) is 17.8. The Labute approximate surface area is 269 Å². The van der Waals surface area contributed by atoms with Crippen molar-refractivity contribution in [3.8, 4) is 11.5 Å². The summed E-state index contributed by atoms with van der Waals surface area (Å²) >= 11 is 6.27. The number of anilines is 1. The van der Waals surface area contributed by atoms with E-state index in [4.69, 9.17) is 21.1 Å². The molecule has 236 valence electrons. The summed E-state index contributed by atoms with van der Waals surface area (Å²) in [6.45, 7) is 3.04. The van der Waals surface area contributed by atoms with Gasteiger partial charge in [0.1, 0.15) is 17.7 Å². The molecule has 0 bridgehead atoms. The van der Waals surface area contributed by atoms with Gasteiger partial charge in [0.2, 0.25) is 0 Å². The predicted molar refractivity (Wildman–Crippen MR) is 170 cm³/mol. The summed E-state index contributed by atoms with van der Waals surface area (Å²) in [6.07, 6.45) is 0.679. The van der Waals surface area contributed by atoms with Gasteiger partial charge in [-0.1, -0.05) is 41.9 Å². The zero-order valence-corrected chi connectivity index (χ0v) is 26.4. The van der Waals surface area contributed by atoms with E-state index in [9.17, 15) is 26.8 Å². The molecule has 4 aromatic carbocycles. The highest BCUT2D eigenvalue weighted by atomic mass is 35.5. The molecular formula is C34H27ClF2N2O6S. The molecule has 0 aromatic heterocycles.